The van der Waals surface area contributed by atoms with Crippen molar-refractivity contribution in [3.63, 3.8) is 0 Å². The van der Waals surface area contributed by atoms with E-state index >= 15 is 0 Å². The van der Waals surface area contributed by atoms with Crippen molar-refractivity contribution >= 4 is 34.6 Å². The van der Waals surface area contributed by atoms with Gasteiger partial charge < -0.3 is 10.6 Å². The summed E-state index contributed by atoms with van der Waals surface area (Å²) in [6.45, 7) is 0. The molecule has 0 bridgehead atoms. The molecule has 0 amide bonds. The minimum Gasteiger partial charge on any atom is -0.360 e. The number of alkyl halides is 3. The van der Waals surface area contributed by atoms with Gasteiger partial charge in [0.2, 0.25) is 0 Å². The second-order valence-electron chi connectivity index (χ2n) is 4.06. The minimum atomic E-state index is -4.44. The fraction of sp³-hybridized carbons (Fsp3) is 0.364. The van der Waals surface area contributed by atoms with Crippen molar-refractivity contribution in [2.45, 2.75) is 25.1 Å². The third-order valence-electron chi connectivity index (χ3n) is 2.45. The first-order valence-corrected chi connectivity index (χ1v) is 6.09. The second-order valence-corrected chi connectivity index (χ2v) is 4.91. The van der Waals surface area contributed by atoms with Crippen LogP contribution in [-0.2, 0) is 6.18 Å². The maximum Gasteiger partial charge on any atom is 0.418 e. The van der Waals surface area contributed by atoms with Gasteiger partial charge in [0.1, 0.15) is 0 Å². The lowest BCUT2D eigenvalue weighted by molar-refractivity contribution is -0.136. The Morgan fingerprint density at radius 3 is 2.56 bits per heavy atom. The van der Waals surface area contributed by atoms with Crippen molar-refractivity contribution < 1.29 is 13.2 Å². The van der Waals surface area contributed by atoms with Crippen LogP contribution in [0, 0.1) is 0 Å². The highest BCUT2D eigenvalue weighted by Gasteiger charge is 2.34. The summed E-state index contributed by atoms with van der Waals surface area (Å²) in [6, 6.07) is 3.63. The molecule has 0 atom stereocenters. The fourth-order valence-corrected chi connectivity index (χ4v) is 1.89. The van der Waals surface area contributed by atoms with E-state index in [0.717, 1.165) is 18.9 Å². The van der Waals surface area contributed by atoms with Gasteiger partial charge in [-0.05, 0) is 43.3 Å². The van der Waals surface area contributed by atoms with E-state index in [1.807, 2.05) is 0 Å². The quantitative estimate of drug-likeness (QED) is 0.811. The van der Waals surface area contributed by atoms with Crippen LogP contribution in [0.5, 0.6) is 0 Å². The summed E-state index contributed by atoms with van der Waals surface area (Å²) >= 11 is 10.6. The van der Waals surface area contributed by atoms with E-state index in [-0.39, 0.29) is 21.9 Å². The highest BCUT2D eigenvalue weighted by molar-refractivity contribution is 7.80. The Labute approximate surface area is 113 Å². The van der Waals surface area contributed by atoms with Crippen LogP contribution in [0.25, 0.3) is 0 Å². The molecule has 1 aliphatic rings. The molecular formula is C11H10ClF3N2S. The molecule has 0 aromatic heterocycles. The van der Waals surface area contributed by atoms with E-state index in [2.05, 4.69) is 10.6 Å². The third-order valence-corrected chi connectivity index (χ3v) is 2.90. The van der Waals surface area contributed by atoms with Crippen LogP contribution < -0.4 is 10.6 Å². The Balaban J connectivity index is 2.18. The van der Waals surface area contributed by atoms with Crippen molar-refractivity contribution in [2.75, 3.05) is 5.32 Å². The summed E-state index contributed by atoms with van der Waals surface area (Å²) in [6.07, 6.45) is -2.46. The fourth-order valence-electron chi connectivity index (χ4n) is 1.44. The number of rotatable bonds is 2. The van der Waals surface area contributed by atoms with Crippen molar-refractivity contribution in [1.82, 2.24) is 5.32 Å². The Morgan fingerprint density at radius 2 is 2.00 bits per heavy atom. The van der Waals surface area contributed by atoms with Gasteiger partial charge in [0.05, 0.1) is 11.3 Å². The van der Waals surface area contributed by atoms with Gasteiger partial charge in [0, 0.05) is 11.1 Å². The molecule has 0 heterocycles. The van der Waals surface area contributed by atoms with E-state index < -0.39 is 11.7 Å². The van der Waals surface area contributed by atoms with Crippen LogP contribution in [0.4, 0.5) is 18.9 Å². The number of nitrogens with one attached hydrogen (secondary N) is 2. The van der Waals surface area contributed by atoms with Crippen LogP contribution in [-0.4, -0.2) is 11.2 Å². The smallest absolute Gasteiger partial charge is 0.360 e. The molecule has 0 spiro atoms. The van der Waals surface area contributed by atoms with Gasteiger partial charge in [-0.15, -0.1) is 0 Å². The van der Waals surface area contributed by atoms with Crippen LogP contribution in [0.3, 0.4) is 0 Å². The predicted molar refractivity (Wildman–Crippen MR) is 68.8 cm³/mol. The molecule has 2 rings (SSSR count). The second kappa shape index (κ2) is 4.93. The van der Waals surface area contributed by atoms with Crippen LogP contribution in [0.2, 0.25) is 5.02 Å². The van der Waals surface area contributed by atoms with Crippen LogP contribution in [0.15, 0.2) is 18.2 Å². The van der Waals surface area contributed by atoms with Gasteiger partial charge in [-0.1, -0.05) is 11.6 Å². The molecule has 0 saturated heterocycles. The van der Waals surface area contributed by atoms with Crippen molar-refractivity contribution in [3.05, 3.63) is 28.8 Å². The highest BCUT2D eigenvalue weighted by Crippen LogP contribution is 2.36. The molecule has 1 aromatic carbocycles. The summed E-state index contributed by atoms with van der Waals surface area (Å²) < 4.78 is 38.3. The molecule has 2 N–H and O–H groups in total. The zero-order chi connectivity index (χ0) is 13.3. The minimum absolute atomic E-state index is 0.131. The average Bonchev–Trinajstić information content (AvgIpc) is 2.99. The molecule has 1 aromatic rings. The lowest BCUT2D eigenvalue weighted by Gasteiger charge is -2.16. The molecule has 7 heteroatoms. The molecule has 1 fully saturated rings. The Bertz CT molecular complexity index is 472. The van der Waals surface area contributed by atoms with E-state index in [4.69, 9.17) is 23.8 Å². The van der Waals surface area contributed by atoms with E-state index in [9.17, 15) is 13.2 Å². The zero-order valence-electron chi connectivity index (χ0n) is 9.14. The zero-order valence-corrected chi connectivity index (χ0v) is 10.7. The Kier molecular flexibility index (Phi) is 3.68. The monoisotopic (exact) mass is 294 g/mol. The molecule has 0 unspecified atom stereocenters. The summed E-state index contributed by atoms with van der Waals surface area (Å²) in [5, 5.41) is 5.86. The summed E-state index contributed by atoms with van der Waals surface area (Å²) in [7, 11) is 0. The standard InChI is InChI=1S/C11H10ClF3N2S/c12-6-1-4-8(11(13,14)15)9(5-6)17-10(18)16-7-2-3-7/h1,4-5,7H,2-3H2,(H2,16,17,18). The molecule has 98 valence electrons. The Hall–Kier alpha value is -1.01. The molecule has 0 radical (unpaired) electrons. The molecular weight excluding hydrogens is 285 g/mol. The number of anilines is 1. The van der Waals surface area contributed by atoms with Gasteiger partial charge in [0.15, 0.2) is 5.11 Å². The normalized spacial score (nSPS) is 15.3. The van der Waals surface area contributed by atoms with E-state index in [0.29, 0.717) is 0 Å². The predicted octanol–water partition coefficient (Wildman–Crippen LogP) is 3.81. The van der Waals surface area contributed by atoms with Gasteiger partial charge in [-0.3, -0.25) is 0 Å². The summed E-state index contributed by atoms with van der Waals surface area (Å²) in [5.41, 5.74) is -0.917. The molecule has 0 aliphatic heterocycles. The van der Waals surface area contributed by atoms with Crippen molar-refractivity contribution in [2.24, 2.45) is 0 Å². The lowest BCUT2D eigenvalue weighted by Crippen LogP contribution is -2.31. The highest BCUT2D eigenvalue weighted by atomic mass is 35.5. The third kappa shape index (κ3) is 3.49. The summed E-state index contributed by atoms with van der Waals surface area (Å²) in [5.74, 6) is 0. The van der Waals surface area contributed by atoms with Crippen LogP contribution >= 0.6 is 23.8 Å². The molecule has 1 aliphatic carbocycles. The lowest BCUT2D eigenvalue weighted by atomic mass is 10.1. The number of halogens is 4. The topological polar surface area (TPSA) is 24.1 Å². The van der Waals surface area contributed by atoms with Gasteiger partial charge in [0.25, 0.3) is 0 Å². The van der Waals surface area contributed by atoms with Gasteiger partial charge >= 0.3 is 6.18 Å². The van der Waals surface area contributed by atoms with Crippen molar-refractivity contribution in [1.29, 1.82) is 0 Å². The van der Waals surface area contributed by atoms with Gasteiger partial charge in [-0.25, -0.2) is 0 Å². The maximum absolute atomic E-state index is 12.8. The van der Waals surface area contributed by atoms with Gasteiger partial charge in [-0.2, -0.15) is 13.2 Å². The van der Waals surface area contributed by atoms with E-state index in [1.165, 1.54) is 12.1 Å². The molecule has 2 nitrogen and oxygen atoms in total. The average molecular weight is 295 g/mol. The Morgan fingerprint density at radius 1 is 1.33 bits per heavy atom. The summed E-state index contributed by atoms with van der Waals surface area (Å²) in [4.78, 5) is 0. The molecule has 18 heavy (non-hydrogen) atoms. The maximum atomic E-state index is 12.8. The van der Waals surface area contributed by atoms with E-state index in [1.54, 1.807) is 0 Å². The SMILES string of the molecule is FC(F)(F)c1ccc(Cl)cc1NC(=S)NC1CC1. The number of hydrogen-bond acceptors (Lipinski definition) is 1. The first-order valence-electron chi connectivity index (χ1n) is 5.30. The number of thiocarbonyl (C=S) groups is 1. The van der Waals surface area contributed by atoms with Crippen molar-refractivity contribution in [3.8, 4) is 0 Å². The number of benzene rings is 1. The first-order chi connectivity index (χ1) is 8.36. The number of hydrogen-bond donors (Lipinski definition) is 2. The van der Waals surface area contributed by atoms with Crippen LogP contribution in [0.1, 0.15) is 18.4 Å². The molecule has 1 saturated carbocycles. The largest absolute Gasteiger partial charge is 0.418 e. The first kappa shape index (κ1) is 13.4.